The van der Waals surface area contributed by atoms with Gasteiger partial charge in [0.2, 0.25) is 5.88 Å². The van der Waals surface area contributed by atoms with Crippen molar-refractivity contribution in [3.8, 4) is 5.88 Å². The van der Waals surface area contributed by atoms with Crippen LogP contribution in [0.5, 0.6) is 5.88 Å². The van der Waals surface area contributed by atoms with Crippen molar-refractivity contribution in [1.29, 1.82) is 0 Å². The van der Waals surface area contributed by atoms with Crippen LogP contribution in [0.2, 0.25) is 0 Å². The van der Waals surface area contributed by atoms with Crippen LogP contribution >= 0.6 is 0 Å². The number of carbonyl (C=O) groups is 1. The highest BCUT2D eigenvalue weighted by Crippen LogP contribution is 2.17. The zero-order chi connectivity index (χ0) is 16.1. The zero-order valence-corrected chi connectivity index (χ0v) is 13.1. The maximum Gasteiger partial charge on any atom is 0.254 e. The van der Waals surface area contributed by atoms with E-state index in [0.29, 0.717) is 37.7 Å². The van der Waals surface area contributed by atoms with Gasteiger partial charge in [0.25, 0.3) is 5.91 Å². The van der Waals surface area contributed by atoms with Crippen molar-refractivity contribution in [3.05, 3.63) is 48.0 Å². The lowest BCUT2D eigenvalue weighted by Crippen LogP contribution is -2.30. The molecule has 2 aromatic rings. The lowest BCUT2D eigenvalue weighted by Gasteiger charge is -2.20. The Balaban J connectivity index is 1.70. The van der Waals surface area contributed by atoms with Crippen molar-refractivity contribution in [3.63, 3.8) is 0 Å². The Morgan fingerprint density at radius 2 is 2.39 bits per heavy atom. The highest BCUT2D eigenvalue weighted by Gasteiger charge is 2.20. The van der Waals surface area contributed by atoms with Gasteiger partial charge in [0.1, 0.15) is 6.10 Å². The van der Waals surface area contributed by atoms with E-state index in [9.17, 15) is 4.79 Å². The summed E-state index contributed by atoms with van der Waals surface area (Å²) < 4.78 is 16.1. The van der Waals surface area contributed by atoms with Gasteiger partial charge in [0, 0.05) is 42.9 Å². The maximum absolute atomic E-state index is 12.7. The predicted octanol–water partition coefficient (Wildman–Crippen LogP) is 2.50. The van der Waals surface area contributed by atoms with Crippen molar-refractivity contribution < 1.29 is 18.7 Å². The molecule has 3 rings (SSSR count). The number of hydrogen-bond acceptors (Lipinski definition) is 5. The molecule has 0 bridgehead atoms. The zero-order valence-electron chi connectivity index (χ0n) is 13.1. The number of ether oxygens (including phenoxy) is 2. The second kappa shape index (κ2) is 7.28. The molecule has 1 aliphatic rings. The average molecular weight is 316 g/mol. The van der Waals surface area contributed by atoms with Crippen LogP contribution < -0.4 is 4.74 Å². The van der Waals surface area contributed by atoms with Gasteiger partial charge in [0.05, 0.1) is 25.7 Å². The molecule has 1 atom stereocenters. The minimum absolute atomic E-state index is 0.0149. The van der Waals surface area contributed by atoms with Crippen molar-refractivity contribution in [2.75, 3.05) is 19.8 Å². The highest BCUT2D eigenvalue weighted by molar-refractivity contribution is 5.94. The number of aromatic nitrogens is 1. The molecule has 0 N–H and O–H groups in total. The Morgan fingerprint density at radius 3 is 3.09 bits per heavy atom. The van der Waals surface area contributed by atoms with Crippen LogP contribution in [0.15, 0.2) is 41.3 Å². The van der Waals surface area contributed by atoms with E-state index in [2.05, 4.69) is 4.98 Å². The SMILES string of the molecule is CCN(Cc1ccoc1)C(=O)c1ccnc(O[C@@H]2CCOC2)c1. The predicted molar refractivity (Wildman–Crippen MR) is 83.2 cm³/mol. The summed E-state index contributed by atoms with van der Waals surface area (Å²) in [6.07, 6.45) is 5.72. The third-order valence-corrected chi connectivity index (χ3v) is 3.78. The van der Waals surface area contributed by atoms with Crippen molar-refractivity contribution in [1.82, 2.24) is 9.88 Å². The number of furan rings is 1. The Morgan fingerprint density at radius 1 is 1.48 bits per heavy atom. The second-order valence-corrected chi connectivity index (χ2v) is 5.44. The molecule has 6 heteroatoms. The standard InChI is InChI=1S/C17H20N2O4/c1-2-19(10-13-4-7-21-11-13)17(20)14-3-6-18-16(9-14)23-15-5-8-22-12-15/h3-4,6-7,9,11,15H,2,5,8,10,12H2,1H3/t15-/m1/s1. The summed E-state index contributed by atoms with van der Waals surface area (Å²) in [4.78, 5) is 18.6. The lowest BCUT2D eigenvalue weighted by atomic mass is 10.2. The first-order valence-corrected chi connectivity index (χ1v) is 7.77. The van der Waals surface area contributed by atoms with Crippen LogP contribution in [0.1, 0.15) is 29.3 Å². The van der Waals surface area contributed by atoms with Crippen LogP contribution in [-0.4, -0.2) is 41.7 Å². The fourth-order valence-electron chi connectivity index (χ4n) is 2.50. The smallest absolute Gasteiger partial charge is 0.254 e. The minimum atomic E-state index is -0.0522. The molecular formula is C17H20N2O4. The molecule has 0 aromatic carbocycles. The summed E-state index contributed by atoms with van der Waals surface area (Å²) in [7, 11) is 0. The Bertz CT molecular complexity index is 636. The number of pyridine rings is 1. The van der Waals surface area contributed by atoms with Gasteiger partial charge in [0.15, 0.2) is 0 Å². The van der Waals surface area contributed by atoms with E-state index in [4.69, 9.17) is 13.9 Å². The number of hydrogen-bond donors (Lipinski definition) is 0. The first kappa shape index (κ1) is 15.6. The van der Waals surface area contributed by atoms with E-state index in [1.54, 1.807) is 35.8 Å². The molecule has 1 aliphatic heterocycles. The number of rotatable bonds is 6. The maximum atomic E-state index is 12.7. The molecule has 122 valence electrons. The molecule has 1 fully saturated rings. The molecule has 6 nitrogen and oxygen atoms in total. The largest absolute Gasteiger partial charge is 0.472 e. The molecule has 0 spiro atoms. The minimum Gasteiger partial charge on any atom is -0.472 e. The monoisotopic (exact) mass is 316 g/mol. The fourth-order valence-corrected chi connectivity index (χ4v) is 2.50. The van der Waals surface area contributed by atoms with Gasteiger partial charge in [-0.3, -0.25) is 4.79 Å². The van der Waals surface area contributed by atoms with Gasteiger partial charge in [-0.2, -0.15) is 0 Å². The molecular weight excluding hydrogens is 296 g/mol. The molecule has 1 amide bonds. The van der Waals surface area contributed by atoms with E-state index in [1.807, 2.05) is 13.0 Å². The summed E-state index contributed by atoms with van der Waals surface area (Å²) >= 11 is 0. The lowest BCUT2D eigenvalue weighted by molar-refractivity contribution is 0.0751. The first-order valence-electron chi connectivity index (χ1n) is 7.77. The van der Waals surface area contributed by atoms with E-state index in [1.165, 1.54) is 0 Å². The van der Waals surface area contributed by atoms with Gasteiger partial charge >= 0.3 is 0 Å². The van der Waals surface area contributed by atoms with Crippen LogP contribution in [0.25, 0.3) is 0 Å². The molecule has 0 aliphatic carbocycles. The number of carbonyl (C=O) groups excluding carboxylic acids is 1. The van der Waals surface area contributed by atoms with Crippen LogP contribution in [0.4, 0.5) is 0 Å². The topological polar surface area (TPSA) is 64.8 Å². The Labute approximate surface area is 135 Å². The summed E-state index contributed by atoms with van der Waals surface area (Å²) in [5.41, 5.74) is 1.54. The summed E-state index contributed by atoms with van der Waals surface area (Å²) in [5, 5.41) is 0. The van der Waals surface area contributed by atoms with Gasteiger partial charge in [-0.05, 0) is 19.1 Å². The third kappa shape index (κ3) is 3.90. The molecule has 3 heterocycles. The van der Waals surface area contributed by atoms with Gasteiger partial charge in [-0.25, -0.2) is 4.98 Å². The van der Waals surface area contributed by atoms with E-state index >= 15 is 0 Å². The highest BCUT2D eigenvalue weighted by atomic mass is 16.5. The average Bonchev–Trinajstić information content (AvgIpc) is 3.26. The second-order valence-electron chi connectivity index (χ2n) is 5.44. The quantitative estimate of drug-likeness (QED) is 0.819. The van der Waals surface area contributed by atoms with E-state index < -0.39 is 0 Å². The number of amides is 1. The van der Waals surface area contributed by atoms with E-state index in [-0.39, 0.29) is 12.0 Å². The first-order chi connectivity index (χ1) is 11.3. The summed E-state index contributed by atoms with van der Waals surface area (Å²) in [6, 6.07) is 5.26. The Hall–Kier alpha value is -2.34. The van der Waals surface area contributed by atoms with E-state index in [0.717, 1.165) is 12.0 Å². The summed E-state index contributed by atoms with van der Waals surface area (Å²) in [5.74, 6) is 0.411. The van der Waals surface area contributed by atoms with Crippen LogP contribution in [-0.2, 0) is 11.3 Å². The molecule has 23 heavy (non-hydrogen) atoms. The van der Waals surface area contributed by atoms with Gasteiger partial charge in [-0.15, -0.1) is 0 Å². The van der Waals surface area contributed by atoms with Crippen LogP contribution in [0.3, 0.4) is 0 Å². The van der Waals surface area contributed by atoms with Gasteiger partial charge < -0.3 is 18.8 Å². The normalized spacial score (nSPS) is 17.2. The molecule has 2 aromatic heterocycles. The molecule has 0 radical (unpaired) electrons. The van der Waals surface area contributed by atoms with Crippen molar-refractivity contribution in [2.24, 2.45) is 0 Å². The molecule has 1 saturated heterocycles. The molecule has 0 saturated carbocycles. The summed E-state index contributed by atoms with van der Waals surface area (Å²) in [6.45, 7) is 4.35. The van der Waals surface area contributed by atoms with Crippen molar-refractivity contribution >= 4 is 5.91 Å². The fraction of sp³-hybridized carbons (Fsp3) is 0.412. The number of nitrogens with zero attached hydrogens (tertiary/aromatic N) is 2. The van der Waals surface area contributed by atoms with Crippen LogP contribution in [0, 0.1) is 0 Å². The molecule has 0 unspecified atom stereocenters. The third-order valence-electron chi connectivity index (χ3n) is 3.78. The Kier molecular flexibility index (Phi) is 4.92. The van der Waals surface area contributed by atoms with Crippen molar-refractivity contribution in [2.45, 2.75) is 26.0 Å². The van der Waals surface area contributed by atoms with Gasteiger partial charge in [-0.1, -0.05) is 0 Å².